The van der Waals surface area contributed by atoms with Crippen molar-refractivity contribution in [3.05, 3.63) is 23.5 Å². The second-order valence-corrected chi connectivity index (χ2v) is 4.94. The number of fused-ring (bicyclic) bond motifs is 1. The number of aryl methyl sites for hydroxylation is 1. The molecule has 0 saturated carbocycles. The molecule has 0 bridgehead atoms. The Morgan fingerprint density at radius 2 is 1.71 bits per heavy atom. The average molecular weight is 337 g/mol. The molecule has 0 amide bonds. The lowest BCUT2D eigenvalue weighted by Gasteiger charge is -2.28. The summed E-state index contributed by atoms with van der Waals surface area (Å²) < 4.78 is 19.0. The van der Waals surface area contributed by atoms with Crippen LogP contribution in [0.15, 0.2) is 12.3 Å². The number of carbonyl (C=O) groups is 4. The number of ether oxygens (including phenoxy) is 4. The van der Waals surface area contributed by atoms with Gasteiger partial charge in [-0.2, -0.15) is 0 Å². The number of nitrogens with zero attached hydrogens (tertiary/aromatic N) is 1. The number of hydrogen-bond acceptors (Lipinski definition) is 9. The molecule has 9 heteroatoms. The smallest absolute Gasteiger partial charge is 0.335 e. The van der Waals surface area contributed by atoms with Gasteiger partial charge in [0.2, 0.25) is 5.41 Å². The van der Waals surface area contributed by atoms with E-state index in [1.54, 1.807) is 6.92 Å². The SMILES string of the molecule is COC(=O)C(C(=O)OC)C1(C(=O)OC)C(=O)Oc2c1ccnc2C. The minimum absolute atomic E-state index is 0.00681. The van der Waals surface area contributed by atoms with E-state index in [0.29, 0.717) is 5.69 Å². The summed E-state index contributed by atoms with van der Waals surface area (Å²) in [4.78, 5) is 53.6. The van der Waals surface area contributed by atoms with E-state index >= 15 is 0 Å². The number of methoxy groups -OCH3 is 3. The summed E-state index contributed by atoms with van der Waals surface area (Å²) in [5.41, 5.74) is -2.06. The molecule has 128 valence electrons. The van der Waals surface area contributed by atoms with Crippen LogP contribution in [0.4, 0.5) is 0 Å². The highest BCUT2D eigenvalue weighted by molar-refractivity contribution is 6.18. The summed E-state index contributed by atoms with van der Waals surface area (Å²) in [6, 6.07) is 1.31. The molecule has 24 heavy (non-hydrogen) atoms. The third kappa shape index (κ3) is 2.20. The molecule has 2 rings (SSSR count). The summed E-state index contributed by atoms with van der Waals surface area (Å²) >= 11 is 0. The van der Waals surface area contributed by atoms with Crippen LogP contribution in [0.2, 0.25) is 0 Å². The van der Waals surface area contributed by atoms with Crippen LogP contribution in [-0.2, 0) is 38.8 Å². The molecule has 0 aliphatic carbocycles. The molecule has 1 aromatic heterocycles. The number of esters is 4. The van der Waals surface area contributed by atoms with Gasteiger partial charge in [-0.05, 0) is 13.0 Å². The Morgan fingerprint density at radius 3 is 2.21 bits per heavy atom. The predicted molar refractivity (Wildman–Crippen MR) is 75.8 cm³/mol. The lowest BCUT2D eigenvalue weighted by atomic mass is 9.70. The molecule has 0 fully saturated rings. The lowest BCUT2D eigenvalue weighted by Crippen LogP contribution is -2.55. The molecular weight excluding hydrogens is 322 g/mol. The molecule has 1 aliphatic rings. The largest absolute Gasteiger partial charge is 0.468 e. The van der Waals surface area contributed by atoms with Crippen LogP contribution in [0, 0.1) is 12.8 Å². The van der Waals surface area contributed by atoms with E-state index in [9.17, 15) is 19.2 Å². The first-order chi connectivity index (χ1) is 11.4. The van der Waals surface area contributed by atoms with Crippen molar-refractivity contribution >= 4 is 23.9 Å². The van der Waals surface area contributed by atoms with E-state index in [2.05, 4.69) is 14.5 Å². The highest BCUT2D eigenvalue weighted by atomic mass is 16.6. The van der Waals surface area contributed by atoms with Crippen molar-refractivity contribution in [1.82, 2.24) is 4.98 Å². The monoisotopic (exact) mass is 337 g/mol. The standard InChI is InChI=1S/C15H15NO8/c1-7-10-8(5-6-16-7)15(13(19)23-4,14(20)24-10)9(11(17)21-2)12(18)22-3/h5-6,9H,1-4H3. The van der Waals surface area contributed by atoms with Gasteiger partial charge < -0.3 is 18.9 Å². The molecule has 1 atom stereocenters. The summed E-state index contributed by atoms with van der Waals surface area (Å²) in [7, 11) is 3.06. The molecule has 1 unspecified atom stereocenters. The zero-order valence-electron chi connectivity index (χ0n) is 13.4. The molecule has 0 spiro atoms. The zero-order chi connectivity index (χ0) is 18.1. The second-order valence-electron chi connectivity index (χ2n) is 4.94. The minimum Gasteiger partial charge on any atom is -0.468 e. The number of carbonyl (C=O) groups excluding carboxylic acids is 4. The number of hydrogen-bond donors (Lipinski definition) is 0. The van der Waals surface area contributed by atoms with Crippen LogP contribution in [0.3, 0.4) is 0 Å². The number of aromatic nitrogens is 1. The predicted octanol–water partition coefficient (Wildman–Crippen LogP) is -0.318. The average Bonchev–Trinajstić information content (AvgIpc) is 2.88. The molecule has 0 aromatic carbocycles. The van der Waals surface area contributed by atoms with Crippen LogP contribution in [-0.4, -0.2) is 50.2 Å². The second kappa shape index (κ2) is 6.26. The van der Waals surface area contributed by atoms with Crippen molar-refractivity contribution in [3.8, 4) is 5.75 Å². The zero-order valence-corrected chi connectivity index (χ0v) is 13.4. The van der Waals surface area contributed by atoms with Crippen molar-refractivity contribution in [2.24, 2.45) is 5.92 Å². The third-order valence-corrected chi connectivity index (χ3v) is 3.84. The Hall–Kier alpha value is -2.97. The molecule has 1 aromatic rings. The first kappa shape index (κ1) is 17.4. The van der Waals surface area contributed by atoms with E-state index in [0.717, 1.165) is 21.3 Å². The van der Waals surface area contributed by atoms with Gasteiger partial charge in [0.15, 0.2) is 11.7 Å². The Morgan fingerprint density at radius 1 is 1.12 bits per heavy atom. The van der Waals surface area contributed by atoms with E-state index in [1.165, 1.54) is 12.3 Å². The molecule has 9 nitrogen and oxygen atoms in total. The van der Waals surface area contributed by atoms with Gasteiger partial charge in [0.25, 0.3) is 0 Å². The molecule has 0 saturated heterocycles. The first-order valence-electron chi connectivity index (χ1n) is 6.78. The maximum Gasteiger partial charge on any atom is 0.335 e. The molecule has 0 N–H and O–H groups in total. The van der Waals surface area contributed by atoms with Gasteiger partial charge in [0.05, 0.1) is 27.0 Å². The van der Waals surface area contributed by atoms with Crippen LogP contribution in [0.1, 0.15) is 11.3 Å². The highest BCUT2D eigenvalue weighted by Crippen LogP contribution is 2.47. The maximum atomic E-state index is 12.6. The molecule has 2 heterocycles. The van der Waals surface area contributed by atoms with Crippen LogP contribution >= 0.6 is 0 Å². The van der Waals surface area contributed by atoms with Gasteiger partial charge >= 0.3 is 23.9 Å². The normalized spacial score (nSPS) is 18.6. The quantitative estimate of drug-likeness (QED) is 0.414. The van der Waals surface area contributed by atoms with Crippen molar-refractivity contribution < 1.29 is 38.1 Å². The summed E-state index contributed by atoms with van der Waals surface area (Å²) in [6.45, 7) is 1.55. The van der Waals surface area contributed by atoms with Crippen LogP contribution in [0.25, 0.3) is 0 Å². The fourth-order valence-corrected chi connectivity index (χ4v) is 2.71. The van der Waals surface area contributed by atoms with Gasteiger partial charge in [-0.15, -0.1) is 0 Å². The Kier molecular flexibility index (Phi) is 4.54. The maximum absolute atomic E-state index is 12.6. The lowest BCUT2D eigenvalue weighted by molar-refractivity contribution is -0.175. The van der Waals surface area contributed by atoms with E-state index in [-0.39, 0.29) is 11.3 Å². The fourth-order valence-electron chi connectivity index (χ4n) is 2.71. The number of pyridine rings is 1. The topological polar surface area (TPSA) is 118 Å². The van der Waals surface area contributed by atoms with Gasteiger partial charge in [0.1, 0.15) is 0 Å². The van der Waals surface area contributed by atoms with Gasteiger partial charge in [0, 0.05) is 11.8 Å². The molecular formula is C15H15NO8. The summed E-state index contributed by atoms with van der Waals surface area (Å²) in [5.74, 6) is -6.47. The van der Waals surface area contributed by atoms with Gasteiger partial charge in [-0.1, -0.05) is 0 Å². The fraction of sp³-hybridized carbons (Fsp3) is 0.400. The van der Waals surface area contributed by atoms with Crippen LogP contribution in [0.5, 0.6) is 5.75 Å². The van der Waals surface area contributed by atoms with Crippen LogP contribution < -0.4 is 4.74 Å². The summed E-state index contributed by atoms with van der Waals surface area (Å²) in [6.07, 6.45) is 1.32. The number of rotatable bonds is 4. The van der Waals surface area contributed by atoms with E-state index < -0.39 is 35.2 Å². The third-order valence-electron chi connectivity index (χ3n) is 3.84. The van der Waals surface area contributed by atoms with Gasteiger partial charge in [-0.25, -0.2) is 4.79 Å². The van der Waals surface area contributed by atoms with Crippen molar-refractivity contribution in [3.63, 3.8) is 0 Å². The highest BCUT2D eigenvalue weighted by Gasteiger charge is 2.67. The Labute approximate surface area is 136 Å². The Balaban J connectivity index is 2.84. The van der Waals surface area contributed by atoms with Crippen molar-refractivity contribution in [2.45, 2.75) is 12.3 Å². The van der Waals surface area contributed by atoms with Crippen molar-refractivity contribution in [1.29, 1.82) is 0 Å². The molecule has 1 aliphatic heterocycles. The van der Waals surface area contributed by atoms with E-state index in [4.69, 9.17) is 9.47 Å². The summed E-state index contributed by atoms with van der Waals surface area (Å²) in [5, 5.41) is 0. The van der Waals surface area contributed by atoms with E-state index in [1.807, 2.05) is 0 Å². The first-order valence-corrected chi connectivity index (χ1v) is 6.78. The Bertz CT molecular complexity index is 712. The minimum atomic E-state index is -2.36. The van der Waals surface area contributed by atoms with Crippen molar-refractivity contribution in [2.75, 3.05) is 21.3 Å². The molecule has 0 radical (unpaired) electrons. The van der Waals surface area contributed by atoms with Gasteiger partial charge in [-0.3, -0.25) is 19.4 Å².